The summed E-state index contributed by atoms with van der Waals surface area (Å²) in [6.07, 6.45) is 3.00. The average molecular weight is 442 g/mol. The van der Waals surface area contributed by atoms with Gasteiger partial charge in [-0.2, -0.15) is 4.31 Å². The number of fused-ring (bicyclic) bond motifs is 1. The molecule has 164 valence electrons. The lowest BCUT2D eigenvalue weighted by molar-refractivity contribution is -0.122. The predicted octanol–water partition coefficient (Wildman–Crippen LogP) is 2.99. The summed E-state index contributed by atoms with van der Waals surface area (Å²) >= 11 is 0. The molecule has 1 atom stereocenters. The van der Waals surface area contributed by atoms with E-state index in [9.17, 15) is 18.0 Å². The first-order chi connectivity index (χ1) is 14.9. The van der Waals surface area contributed by atoms with Gasteiger partial charge in [-0.05, 0) is 54.7 Å². The third-order valence-electron chi connectivity index (χ3n) is 5.75. The third-order valence-corrected chi connectivity index (χ3v) is 7.67. The number of hydrogen-bond donors (Lipinski definition) is 2. The van der Waals surface area contributed by atoms with E-state index in [1.807, 2.05) is 24.3 Å². The highest BCUT2D eigenvalue weighted by molar-refractivity contribution is 7.89. The molecule has 2 N–H and O–H groups in total. The molecule has 2 amide bonds. The highest BCUT2D eigenvalue weighted by atomic mass is 32.2. The molecule has 2 aromatic carbocycles. The van der Waals surface area contributed by atoms with Gasteiger partial charge in [0.15, 0.2) is 0 Å². The minimum atomic E-state index is -3.82. The van der Waals surface area contributed by atoms with Crippen LogP contribution in [0.25, 0.3) is 0 Å². The summed E-state index contributed by atoms with van der Waals surface area (Å²) in [5.74, 6) is -0.257. The van der Waals surface area contributed by atoms with Gasteiger partial charge < -0.3 is 10.6 Å². The fraction of sp³-hybridized carbons (Fsp3) is 0.391. The van der Waals surface area contributed by atoms with Crippen LogP contribution in [0.4, 0.5) is 5.69 Å². The zero-order valence-corrected chi connectivity index (χ0v) is 18.3. The number of hydrogen-bond acceptors (Lipinski definition) is 4. The van der Waals surface area contributed by atoms with Gasteiger partial charge in [0.2, 0.25) is 21.8 Å². The SMILES string of the molecule is CCC(=O)Nc1ccc(S(=O)(=O)N2CCc3ccccc3C2CC(=O)NC2CC2)cc1. The number of amides is 2. The molecule has 0 saturated heterocycles. The first-order valence-corrected chi connectivity index (χ1v) is 12.1. The molecule has 8 heteroatoms. The molecule has 2 aromatic rings. The molecule has 7 nitrogen and oxygen atoms in total. The first kappa shape index (κ1) is 21.5. The molecule has 0 bridgehead atoms. The van der Waals surface area contributed by atoms with Gasteiger partial charge in [0.1, 0.15) is 0 Å². The number of nitrogens with zero attached hydrogens (tertiary/aromatic N) is 1. The van der Waals surface area contributed by atoms with Crippen molar-refractivity contribution in [2.24, 2.45) is 0 Å². The molecule has 1 fully saturated rings. The Morgan fingerprint density at radius 2 is 1.74 bits per heavy atom. The molecule has 1 saturated carbocycles. The van der Waals surface area contributed by atoms with Crippen LogP contribution in [0.1, 0.15) is 49.8 Å². The monoisotopic (exact) mass is 441 g/mol. The Balaban J connectivity index is 1.61. The van der Waals surface area contributed by atoms with E-state index in [2.05, 4.69) is 10.6 Å². The molecule has 1 unspecified atom stereocenters. The number of sulfonamides is 1. The van der Waals surface area contributed by atoms with Crippen LogP contribution in [0, 0.1) is 0 Å². The van der Waals surface area contributed by atoms with Crippen molar-refractivity contribution in [1.29, 1.82) is 0 Å². The Bertz CT molecular complexity index is 1080. The quantitative estimate of drug-likeness (QED) is 0.690. The Hall–Kier alpha value is -2.71. The van der Waals surface area contributed by atoms with Crippen molar-refractivity contribution in [1.82, 2.24) is 9.62 Å². The van der Waals surface area contributed by atoms with E-state index in [0.29, 0.717) is 25.1 Å². The van der Waals surface area contributed by atoms with Gasteiger partial charge >= 0.3 is 0 Å². The molecule has 1 heterocycles. The van der Waals surface area contributed by atoms with Crippen LogP contribution in [0.3, 0.4) is 0 Å². The lowest BCUT2D eigenvalue weighted by atomic mass is 9.92. The summed E-state index contributed by atoms with van der Waals surface area (Å²) in [4.78, 5) is 24.3. The molecule has 2 aliphatic rings. The van der Waals surface area contributed by atoms with Gasteiger partial charge in [0, 0.05) is 31.1 Å². The van der Waals surface area contributed by atoms with Crippen LogP contribution in [0.2, 0.25) is 0 Å². The standard InChI is InChI=1S/C23H27N3O4S/c1-2-22(27)24-18-9-11-19(12-10-18)31(29,30)26-14-13-16-5-3-4-6-20(16)21(26)15-23(28)25-17-7-8-17/h3-6,9-12,17,21H,2,7-8,13-15H2,1H3,(H,24,27)(H,25,28). The van der Waals surface area contributed by atoms with E-state index in [4.69, 9.17) is 0 Å². The maximum absolute atomic E-state index is 13.5. The second-order valence-electron chi connectivity index (χ2n) is 8.05. The smallest absolute Gasteiger partial charge is 0.243 e. The first-order valence-electron chi connectivity index (χ1n) is 10.7. The van der Waals surface area contributed by atoms with Crippen molar-refractivity contribution in [2.45, 2.75) is 56.0 Å². The minimum Gasteiger partial charge on any atom is -0.353 e. The molecule has 0 spiro atoms. The summed E-state index contributed by atoms with van der Waals surface area (Å²) in [5, 5.41) is 5.70. The topological polar surface area (TPSA) is 95.6 Å². The van der Waals surface area contributed by atoms with E-state index in [0.717, 1.165) is 24.0 Å². The maximum Gasteiger partial charge on any atom is 0.243 e. The predicted molar refractivity (Wildman–Crippen MR) is 118 cm³/mol. The lowest BCUT2D eigenvalue weighted by Crippen LogP contribution is -2.42. The molecular weight excluding hydrogens is 414 g/mol. The van der Waals surface area contributed by atoms with Gasteiger partial charge in [0.05, 0.1) is 10.9 Å². The molecule has 0 radical (unpaired) electrons. The third kappa shape index (κ3) is 4.80. The van der Waals surface area contributed by atoms with E-state index < -0.39 is 16.1 Å². The van der Waals surface area contributed by atoms with Gasteiger partial charge in [-0.15, -0.1) is 0 Å². The van der Waals surface area contributed by atoms with Crippen molar-refractivity contribution < 1.29 is 18.0 Å². The summed E-state index contributed by atoms with van der Waals surface area (Å²) in [7, 11) is -3.82. The van der Waals surface area contributed by atoms with E-state index >= 15 is 0 Å². The van der Waals surface area contributed by atoms with Crippen molar-refractivity contribution in [3.05, 3.63) is 59.7 Å². The molecule has 1 aliphatic heterocycles. The van der Waals surface area contributed by atoms with Gasteiger partial charge in [0.25, 0.3) is 0 Å². The van der Waals surface area contributed by atoms with Crippen molar-refractivity contribution in [3.63, 3.8) is 0 Å². The molecule has 4 rings (SSSR count). The van der Waals surface area contributed by atoms with Gasteiger partial charge in [-0.1, -0.05) is 31.2 Å². The average Bonchev–Trinajstić information content (AvgIpc) is 3.58. The molecular formula is C23H27N3O4S. The van der Waals surface area contributed by atoms with Crippen molar-refractivity contribution in [2.75, 3.05) is 11.9 Å². The number of rotatable bonds is 7. The van der Waals surface area contributed by atoms with Crippen LogP contribution in [0.15, 0.2) is 53.4 Å². The fourth-order valence-electron chi connectivity index (χ4n) is 3.91. The van der Waals surface area contributed by atoms with E-state index in [1.54, 1.807) is 19.1 Å². The van der Waals surface area contributed by atoms with Crippen LogP contribution in [-0.4, -0.2) is 37.1 Å². The van der Waals surface area contributed by atoms with Crippen LogP contribution < -0.4 is 10.6 Å². The Kier molecular flexibility index (Phi) is 6.11. The summed E-state index contributed by atoms with van der Waals surface area (Å²) < 4.78 is 28.5. The van der Waals surface area contributed by atoms with Crippen LogP contribution in [-0.2, 0) is 26.0 Å². The number of nitrogens with one attached hydrogen (secondary N) is 2. The zero-order valence-electron chi connectivity index (χ0n) is 17.5. The van der Waals surface area contributed by atoms with Crippen molar-refractivity contribution in [3.8, 4) is 0 Å². The second kappa shape index (κ2) is 8.80. The summed E-state index contributed by atoms with van der Waals surface area (Å²) in [6, 6.07) is 13.6. The van der Waals surface area contributed by atoms with Gasteiger partial charge in [-0.25, -0.2) is 8.42 Å². The number of carbonyl (C=O) groups is 2. The lowest BCUT2D eigenvalue weighted by Gasteiger charge is -2.36. The Morgan fingerprint density at radius 3 is 2.42 bits per heavy atom. The van der Waals surface area contributed by atoms with Gasteiger partial charge in [-0.3, -0.25) is 9.59 Å². The number of carbonyl (C=O) groups excluding carboxylic acids is 2. The second-order valence-corrected chi connectivity index (χ2v) is 9.94. The normalized spacial score (nSPS) is 18.8. The zero-order chi connectivity index (χ0) is 22.0. The molecule has 0 aromatic heterocycles. The minimum absolute atomic E-state index is 0.0946. The molecule has 31 heavy (non-hydrogen) atoms. The van der Waals surface area contributed by atoms with E-state index in [-0.39, 0.29) is 29.2 Å². The van der Waals surface area contributed by atoms with Crippen molar-refractivity contribution >= 4 is 27.5 Å². The highest BCUT2D eigenvalue weighted by Gasteiger charge is 2.38. The Morgan fingerprint density at radius 1 is 1.03 bits per heavy atom. The summed E-state index contributed by atoms with van der Waals surface area (Å²) in [6.45, 7) is 2.07. The number of benzene rings is 2. The number of anilines is 1. The largest absolute Gasteiger partial charge is 0.353 e. The van der Waals surface area contributed by atoms with E-state index in [1.165, 1.54) is 16.4 Å². The van der Waals surface area contributed by atoms with Crippen LogP contribution >= 0.6 is 0 Å². The summed E-state index contributed by atoms with van der Waals surface area (Å²) in [5.41, 5.74) is 2.51. The highest BCUT2D eigenvalue weighted by Crippen LogP contribution is 2.36. The fourth-order valence-corrected chi connectivity index (χ4v) is 5.52. The molecule has 1 aliphatic carbocycles. The Labute approximate surface area is 182 Å². The maximum atomic E-state index is 13.5. The van der Waals surface area contributed by atoms with Crippen LogP contribution in [0.5, 0.6) is 0 Å².